The van der Waals surface area contributed by atoms with Crippen molar-refractivity contribution in [1.82, 2.24) is 0 Å². The molecule has 12 fully saturated rings. The van der Waals surface area contributed by atoms with Crippen LogP contribution in [0.5, 0.6) is 0 Å². The normalized spacial score (nSPS) is 81.4. The zero-order valence-corrected chi connectivity index (χ0v) is 24.3. The summed E-state index contributed by atoms with van der Waals surface area (Å²) in [6.07, 6.45) is 0. The molecule has 0 bridgehead atoms. The third-order valence-corrected chi connectivity index (χ3v) is 21.8. The van der Waals surface area contributed by atoms with E-state index in [0.29, 0.717) is 29.6 Å². The van der Waals surface area contributed by atoms with Gasteiger partial charge in [0.25, 0.3) is 0 Å². The predicted molar refractivity (Wildman–Crippen MR) is 129 cm³/mol. The summed E-state index contributed by atoms with van der Waals surface area (Å²) in [5.74, 6) is 3.11. The molecular weight excluding hydrogens is 648 g/mol. The molecule has 0 heterocycles. The molecule has 0 aromatic heterocycles. The zero-order chi connectivity index (χ0) is 24.0. The average molecular weight is 673 g/mol. The van der Waals surface area contributed by atoms with Gasteiger partial charge < -0.3 is 18.9 Å². The van der Waals surface area contributed by atoms with Gasteiger partial charge in [0.15, 0.2) is 0 Å². The predicted octanol–water partition coefficient (Wildman–Crippen LogP) is 2.64. The van der Waals surface area contributed by atoms with Crippen LogP contribution in [-0.4, -0.2) is 64.6 Å². The van der Waals surface area contributed by atoms with Crippen LogP contribution < -0.4 is 0 Å². The third kappa shape index (κ3) is 0.999. The van der Waals surface area contributed by atoms with Gasteiger partial charge in [0.1, 0.15) is 16.4 Å². The molecule has 20 atom stereocenters. The lowest BCUT2D eigenvalue weighted by Gasteiger charge is -2.51. The lowest BCUT2D eigenvalue weighted by atomic mass is 9.59. The molecule has 0 amide bonds. The van der Waals surface area contributed by atoms with Gasteiger partial charge in [-0.2, -0.15) is 0 Å². The number of carbonyl (C=O) groups is 2. The van der Waals surface area contributed by atoms with Crippen molar-refractivity contribution in [2.24, 2.45) is 87.8 Å². The Morgan fingerprint density at radius 3 is 1.83 bits per heavy atom. The third-order valence-electron chi connectivity index (χ3n) is 15.6. The van der Waals surface area contributed by atoms with E-state index >= 15 is 0 Å². The first kappa shape index (κ1) is 20.2. The molecule has 186 valence electrons. The highest BCUT2D eigenvalue weighted by molar-refractivity contribution is 9.14. The van der Waals surface area contributed by atoms with Crippen LogP contribution in [0.25, 0.3) is 0 Å². The SMILES string of the molecule is COC(=O)[C@@]12[C@H]3[C@H]4[C@@H]5[C@@H]1[C@@]1(Br)[C@@H]6[C@H]7[C@@H]8[C@H]([C@@H]3[C@H]3[C@@H]4[C@@]4(C(=O)OC)[C@@H]5[C@]1(Br)[C@]7(Br)[C@@]4(OC)[C@H]38)[C@@]62OC. The quantitative estimate of drug-likeness (QED) is 0.338. The molecule has 0 N–H and O–H groups in total. The van der Waals surface area contributed by atoms with Gasteiger partial charge in [-0.25, -0.2) is 0 Å². The Labute approximate surface area is 227 Å². The minimum atomic E-state index is -0.690. The van der Waals surface area contributed by atoms with Crippen LogP contribution in [0.3, 0.4) is 0 Å². The van der Waals surface area contributed by atoms with Crippen molar-refractivity contribution < 1.29 is 28.5 Å². The number of ether oxygens (including phenoxy) is 4. The maximum atomic E-state index is 14.4. The van der Waals surface area contributed by atoms with E-state index in [-0.39, 0.29) is 59.3 Å². The van der Waals surface area contributed by atoms with Gasteiger partial charge in [-0.3, -0.25) is 9.59 Å². The molecular formula is C26H25Br3O6. The second-order valence-electron chi connectivity index (χ2n) is 13.8. The van der Waals surface area contributed by atoms with E-state index in [2.05, 4.69) is 47.8 Å². The monoisotopic (exact) mass is 670 g/mol. The summed E-state index contributed by atoms with van der Waals surface area (Å²) in [5, 5.41) is 0. The van der Waals surface area contributed by atoms with Crippen molar-refractivity contribution >= 4 is 59.7 Å². The van der Waals surface area contributed by atoms with Crippen LogP contribution >= 0.6 is 47.8 Å². The van der Waals surface area contributed by atoms with Gasteiger partial charge in [0.2, 0.25) is 0 Å². The molecule has 12 saturated carbocycles. The first-order chi connectivity index (χ1) is 16.7. The fourth-order valence-corrected chi connectivity index (χ4v) is 23.0. The summed E-state index contributed by atoms with van der Waals surface area (Å²) in [4.78, 5) is 28.7. The fraction of sp³-hybridized carbons (Fsp3) is 0.923. The number of hydrogen-bond acceptors (Lipinski definition) is 6. The van der Waals surface area contributed by atoms with E-state index in [0.717, 1.165) is 0 Å². The van der Waals surface area contributed by atoms with Crippen LogP contribution in [-0.2, 0) is 28.5 Å². The van der Waals surface area contributed by atoms with E-state index < -0.39 is 35.0 Å². The van der Waals surface area contributed by atoms with E-state index in [9.17, 15) is 9.59 Å². The van der Waals surface area contributed by atoms with Crippen molar-refractivity contribution in [1.29, 1.82) is 0 Å². The van der Waals surface area contributed by atoms with Crippen LogP contribution in [0.1, 0.15) is 0 Å². The Morgan fingerprint density at radius 1 is 0.600 bits per heavy atom. The number of halogens is 3. The second kappa shape index (κ2) is 4.56. The van der Waals surface area contributed by atoms with Crippen molar-refractivity contribution in [2.45, 2.75) is 24.2 Å². The van der Waals surface area contributed by atoms with Crippen LogP contribution in [0.15, 0.2) is 0 Å². The minimum absolute atomic E-state index is 0.0431. The molecule has 0 aromatic rings. The van der Waals surface area contributed by atoms with Crippen LogP contribution in [0, 0.1) is 87.8 Å². The highest BCUT2D eigenvalue weighted by Gasteiger charge is 3.19. The topological polar surface area (TPSA) is 71.1 Å². The van der Waals surface area contributed by atoms with Gasteiger partial charge in [-0.15, -0.1) is 0 Å². The Balaban J connectivity index is 1.41. The minimum Gasteiger partial charge on any atom is -0.468 e. The lowest BCUT2D eigenvalue weighted by Crippen LogP contribution is -2.65. The molecule has 0 saturated heterocycles. The van der Waals surface area contributed by atoms with Gasteiger partial charge >= 0.3 is 11.9 Å². The van der Waals surface area contributed by atoms with Gasteiger partial charge in [0.05, 0.1) is 32.8 Å². The Hall–Kier alpha value is 0.300. The van der Waals surface area contributed by atoms with Crippen LogP contribution in [0.2, 0.25) is 0 Å². The molecule has 6 nitrogen and oxygen atoms in total. The lowest BCUT2D eigenvalue weighted by molar-refractivity contribution is -0.199. The molecule has 0 aromatic carbocycles. The smallest absolute Gasteiger partial charge is 0.315 e. The van der Waals surface area contributed by atoms with Gasteiger partial charge in [-0.1, -0.05) is 47.8 Å². The van der Waals surface area contributed by atoms with E-state index in [1.165, 1.54) is 0 Å². The Morgan fingerprint density at radius 2 is 1.20 bits per heavy atom. The van der Waals surface area contributed by atoms with Crippen molar-refractivity contribution in [3.05, 3.63) is 0 Å². The molecule has 0 radical (unpaired) electrons. The Kier molecular flexibility index (Phi) is 2.64. The van der Waals surface area contributed by atoms with Gasteiger partial charge in [-0.05, 0) is 71.0 Å². The molecule has 12 aliphatic carbocycles. The average Bonchev–Trinajstić information content (AvgIpc) is 3.67. The molecule has 0 unspecified atom stereocenters. The largest absolute Gasteiger partial charge is 0.468 e. The summed E-state index contributed by atoms with van der Waals surface area (Å²) in [6.45, 7) is 0. The highest BCUT2D eigenvalue weighted by Crippen LogP contribution is 3.12. The Bertz CT molecular complexity index is 1310. The molecule has 35 heavy (non-hydrogen) atoms. The number of methoxy groups -OCH3 is 4. The fourth-order valence-electron chi connectivity index (χ4n) is 17.3. The first-order valence-electron chi connectivity index (χ1n) is 13.0. The summed E-state index contributed by atoms with van der Waals surface area (Å²) in [6, 6.07) is 0. The highest BCUT2D eigenvalue weighted by atomic mass is 79.9. The number of esters is 2. The molecule has 9 heteroatoms. The van der Waals surface area contributed by atoms with Crippen molar-refractivity contribution in [3.63, 3.8) is 0 Å². The van der Waals surface area contributed by atoms with Crippen molar-refractivity contribution in [3.8, 4) is 0 Å². The molecule has 0 spiro atoms. The van der Waals surface area contributed by atoms with E-state index in [4.69, 9.17) is 18.9 Å². The summed E-state index contributed by atoms with van der Waals surface area (Å²) in [7, 11) is 6.85. The number of rotatable bonds is 4. The number of carbonyl (C=O) groups excluding carboxylic acids is 2. The van der Waals surface area contributed by atoms with Gasteiger partial charge in [0, 0.05) is 20.1 Å². The second-order valence-corrected chi connectivity index (χ2v) is 17.6. The number of hydrogen-bond donors (Lipinski definition) is 0. The zero-order valence-electron chi connectivity index (χ0n) is 19.6. The standard InChI is InChI=1S/C26H25Br3O6/c1-32-18(30)20-10-5-6-11-7(10)8-15(20)22(27)17-14-9(12(5)23(17,20)34-3)13(6)26(35-4)21(11,19(31)33-2)16(8)25(22,29)24(14,26)28/h5-17H,1-4H3/t5-,6+,7-,8-,9-,10-,11+,12+,13-,14-,15+,16-,17+,20-,21+,22-,23-,24+,25-,26-/m1/s1. The summed E-state index contributed by atoms with van der Waals surface area (Å²) in [5.41, 5.74) is -2.47. The van der Waals surface area contributed by atoms with E-state index in [1.807, 2.05) is 14.2 Å². The van der Waals surface area contributed by atoms with E-state index in [1.54, 1.807) is 14.2 Å². The van der Waals surface area contributed by atoms with Crippen molar-refractivity contribution in [2.75, 3.05) is 28.4 Å². The first-order valence-corrected chi connectivity index (χ1v) is 15.4. The molecule has 12 aliphatic rings. The molecule has 0 aliphatic heterocycles. The maximum absolute atomic E-state index is 14.4. The van der Waals surface area contributed by atoms with Crippen LogP contribution in [0.4, 0.5) is 0 Å². The maximum Gasteiger partial charge on any atom is 0.315 e. The summed E-state index contributed by atoms with van der Waals surface area (Å²) >= 11 is 13.5. The summed E-state index contributed by atoms with van der Waals surface area (Å²) < 4.78 is 24.0. The number of alkyl halides is 3. The molecule has 12 rings (SSSR count).